The molecule has 1 unspecified atom stereocenters. The molecule has 1 amide bonds. The number of likely N-dealkylation sites (tertiary alicyclic amines) is 1. The number of likely N-dealkylation sites (N-methyl/N-ethyl adjacent to an activating group) is 1. The van der Waals surface area contributed by atoms with Gasteiger partial charge in [-0.2, -0.15) is 18.2 Å². The molecular formula is C27H40F3N7O3. The Balaban J connectivity index is 1.54. The second-order valence-corrected chi connectivity index (χ2v) is 11.7. The molecule has 1 saturated carbocycles. The van der Waals surface area contributed by atoms with Gasteiger partial charge >= 0.3 is 6.18 Å². The lowest BCUT2D eigenvalue weighted by Gasteiger charge is -2.52. The number of nitrogens with zero attached hydrogens (tertiary/aromatic N) is 7. The molecule has 40 heavy (non-hydrogen) atoms. The molecule has 222 valence electrons. The summed E-state index contributed by atoms with van der Waals surface area (Å²) in [5.74, 6) is -1.09. The quantitative estimate of drug-likeness (QED) is 0.433. The summed E-state index contributed by atoms with van der Waals surface area (Å²) in [5.41, 5.74) is -2.04. The molecule has 2 aliphatic heterocycles. The third-order valence-electron chi connectivity index (χ3n) is 8.91. The van der Waals surface area contributed by atoms with Crippen LogP contribution in [0.5, 0.6) is 0 Å². The largest absolute Gasteiger partial charge is 0.389 e. The van der Waals surface area contributed by atoms with E-state index in [1.807, 2.05) is 11.9 Å². The zero-order valence-corrected chi connectivity index (χ0v) is 23.6. The number of amides is 1. The van der Waals surface area contributed by atoms with E-state index in [4.69, 9.17) is 0 Å². The number of guanidine groups is 1. The number of carbonyl (C=O) groups excluding carboxylic acids is 1. The average Bonchev–Trinajstić information content (AvgIpc) is 3.37. The smallest absolute Gasteiger partial charge is 0.387 e. The van der Waals surface area contributed by atoms with Gasteiger partial charge in [0.1, 0.15) is 6.33 Å². The maximum atomic E-state index is 13.4. The summed E-state index contributed by atoms with van der Waals surface area (Å²) in [7, 11) is 2.04. The number of carbonyl (C=O) groups is 1. The number of aliphatic imine (C=N–C) groups is 2. The molecule has 3 aliphatic rings. The number of rotatable bonds is 5. The first-order valence-electron chi connectivity index (χ1n) is 13.9. The Morgan fingerprint density at radius 3 is 2.40 bits per heavy atom. The number of hydrogen-bond acceptors (Lipinski definition) is 6. The van der Waals surface area contributed by atoms with Crippen molar-refractivity contribution in [1.82, 2.24) is 24.3 Å². The Morgan fingerprint density at radius 2 is 1.80 bits per heavy atom. The van der Waals surface area contributed by atoms with Gasteiger partial charge < -0.3 is 19.8 Å². The van der Waals surface area contributed by atoms with Crippen LogP contribution in [0.25, 0.3) is 0 Å². The predicted molar refractivity (Wildman–Crippen MR) is 146 cm³/mol. The van der Waals surface area contributed by atoms with E-state index in [9.17, 15) is 27.9 Å². The van der Waals surface area contributed by atoms with Crippen LogP contribution in [0.1, 0.15) is 51.0 Å². The van der Waals surface area contributed by atoms with E-state index in [-0.39, 0.29) is 37.4 Å². The number of hydrogen-bond donors (Lipinski definition) is 1. The van der Waals surface area contributed by atoms with Crippen molar-refractivity contribution in [2.45, 2.75) is 70.7 Å². The maximum Gasteiger partial charge on any atom is 0.389 e. The average molecular weight is 568 g/mol. The van der Waals surface area contributed by atoms with E-state index in [0.717, 1.165) is 39.0 Å². The molecule has 1 aromatic heterocycles. The third kappa shape index (κ3) is 6.24. The minimum Gasteiger partial charge on any atom is -0.387 e. The van der Waals surface area contributed by atoms with E-state index >= 15 is 0 Å². The van der Waals surface area contributed by atoms with Gasteiger partial charge in [0.15, 0.2) is 5.82 Å². The number of aromatic nitrogens is 2. The highest BCUT2D eigenvalue weighted by atomic mass is 19.4. The molecule has 2 atom stereocenters. The standard InChI is InChI=1S/C27H40F3N7O3/c1-19(15-27(28,29)30)22(38)36-10-9-26(40,25(16-36)7-5-6-8-25)17-37-18-32-21(20(2)23(37)39)33-24(31-3)35-13-11-34(4)12-14-35/h18-19,40H,3,5-17H2,1-2,4H3/t19-,26?/m1/s1. The number of alkyl halides is 3. The molecule has 10 nitrogen and oxygen atoms in total. The highest BCUT2D eigenvalue weighted by Crippen LogP contribution is 2.51. The maximum absolute atomic E-state index is 13.4. The summed E-state index contributed by atoms with van der Waals surface area (Å²) in [5, 5.41) is 12.0. The van der Waals surface area contributed by atoms with Gasteiger partial charge in [-0.05, 0) is 40.0 Å². The topological polar surface area (TPSA) is 107 Å². The highest BCUT2D eigenvalue weighted by Gasteiger charge is 2.56. The van der Waals surface area contributed by atoms with Crippen LogP contribution in [0.4, 0.5) is 19.0 Å². The Kier molecular flexibility index (Phi) is 8.74. The zero-order valence-electron chi connectivity index (χ0n) is 23.6. The van der Waals surface area contributed by atoms with Crippen LogP contribution < -0.4 is 5.56 Å². The van der Waals surface area contributed by atoms with E-state index in [2.05, 4.69) is 26.6 Å². The molecule has 0 radical (unpaired) electrons. The molecule has 3 heterocycles. The Labute approximate surface area is 232 Å². The van der Waals surface area contributed by atoms with Gasteiger partial charge in [-0.1, -0.05) is 19.8 Å². The summed E-state index contributed by atoms with van der Waals surface area (Å²) < 4.78 is 40.1. The van der Waals surface area contributed by atoms with Crippen LogP contribution in [-0.4, -0.2) is 106 Å². The summed E-state index contributed by atoms with van der Waals surface area (Å²) in [4.78, 5) is 45.0. The number of aliphatic hydroxyl groups is 1. The van der Waals surface area contributed by atoms with Crippen molar-refractivity contribution in [2.24, 2.45) is 21.3 Å². The van der Waals surface area contributed by atoms with Gasteiger partial charge in [-0.15, -0.1) is 0 Å². The van der Waals surface area contributed by atoms with Gasteiger partial charge in [0, 0.05) is 50.6 Å². The summed E-state index contributed by atoms with van der Waals surface area (Å²) in [6, 6.07) is 0. The first kappa shape index (κ1) is 30.2. The number of piperazine rings is 1. The van der Waals surface area contributed by atoms with Crippen molar-refractivity contribution in [3.05, 3.63) is 22.2 Å². The molecule has 1 spiro atoms. The molecule has 1 N–H and O–H groups in total. The van der Waals surface area contributed by atoms with Gasteiger partial charge in [-0.25, -0.2) is 9.98 Å². The minimum atomic E-state index is -4.42. The fourth-order valence-electron chi connectivity index (χ4n) is 6.43. The lowest BCUT2D eigenvalue weighted by Crippen LogP contribution is -2.62. The fraction of sp³-hybridized carbons (Fsp3) is 0.741. The van der Waals surface area contributed by atoms with Gasteiger partial charge in [0.25, 0.3) is 5.56 Å². The third-order valence-corrected chi connectivity index (χ3v) is 8.91. The predicted octanol–water partition coefficient (Wildman–Crippen LogP) is 2.60. The van der Waals surface area contributed by atoms with Crippen molar-refractivity contribution in [3.8, 4) is 0 Å². The zero-order chi connectivity index (χ0) is 29.3. The Bertz CT molecular complexity index is 1190. The van der Waals surface area contributed by atoms with Crippen LogP contribution >= 0.6 is 0 Å². The summed E-state index contributed by atoms with van der Waals surface area (Å²) in [6.07, 6.45) is -1.12. The van der Waals surface area contributed by atoms with Crippen LogP contribution in [0.15, 0.2) is 21.1 Å². The molecule has 3 fully saturated rings. The van der Waals surface area contributed by atoms with Crippen LogP contribution in [-0.2, 0) is 11.3 Å². The first-order valence-corrected chi connectivity index (χ1v) is 13.9. The molecular weight excluding hydrogens is 527 g/mol. The Hall–Kier alpha value is -2.80. The Morgan fingerprint density at radius 1 is 1.15 bits per heavy atom. The van der Waals surface area contributed by atoms with Crippen LogP contribution in [0, 0.1) is 18.3 Å². The van der Waals surface area contributed by atoms with Crippen molar-refractivity contribution >= 4 is 24.4 Å². The molecule has 13 heteroatoms. The highest BCUT2D eigenvalue weighted by molar-refractivity contribution is 5.86. The molecule has 0 bridgehead atoms. The molecule has 1 aromatic rings. The summed E-state index contributed by atoms with van der Waals surface area (Å²) in [6.45, 7) is 10.0. The SMILES string of the molecule is C=NC(=Nc1ncn(CC2(O)CCN(C(=O)[C@H](C)CC(F)(F)F)CC23CCCC3)c(=O)c1C)N1CCN(C)CC1. The number of halogens is 3. The summed E-state index contributed by atoms with van der Waals surface area (Å²) >= 11 is 0. The fourth-order valence-corrected chi connectivity index (χ4v) is 6.43. The lowest BCUT2D eigenvalue weighted by molar-refractivity contribution is -0.172. The van der Waals surface area contributed by atoms with Gasteiger partial charge in [0.05, 0.1) is 24.1 Å². The van der Waals surface area contributed by atoms with E-state index in [0.29, 0.717) is 24.4 Å². The molecule has 4 rings (SSSR count). The van der Waals surface area contributed by atoms with Crippen molar-refractivity contribution in [1.29, 1.82) is 0 Å². The first-order chi connectivity index (χ1) is 18.8. The monoisotopic (exact) mass is 567 g/mol. The van der Waals surface area contributed by atoms with Crippen molar-refractivity contribution < 1.29 is 23.1 Å². The molecule has 0 aromatic carbocycles. The van der Waals surface area contributed by atoms with E-state index in [1.165, 1.54) is 22.7 Å². The second-order valence-electron chi connectivity index (χ2n) is 11.7. The normalized spacial score (nSPS) is 24.9. The second kappa shape index (κ2) is 11.6. The van der Waals surface area contributed by atoms with Gasteiger partial charge in [0.2, 0.25) is 11.9 Å². The van der Waals surface area contributed by atoms with E-state index in [1.54, 1.807) is 6.92 Å². The van der Waals surface area contributed by atoms with Crippen molar-refractivity contribution in [3.63, 3.8) is 0 Å². The van der Waals surface area contributed by atoms with Crippen LogP contribution in [0.3, 0.4) is 0 Å². The van der Waals surface area contributed by atoms with Crippen LogP contribution in [0.2, 0.25) is 0 Å². The molecule has 1 aliphatic carbocycles. The molecule has 2 saturated heterocycles. The van der Waals surface area contributed by atoms with E-state index < -0.39 is 35.4 Å². The minimum absolute atomic E-state index is 0.0190. The lowest BCUT2D eigenvalue weighted by atomic mass is 9.65. The number of piperidine rings is 1. The van der Waals surface area contributed by atoms with Crippen molar-refractivity contribution in [2.75, 3.05) is 46.3 Å². The van der Waals surface area contributed by atoms with Gasteiger partial charge in [-0.3, -0.25) is 14.2 Å².